The topological polar surface area (TPSA) is 30.5 Å². The van der Waals surface area contributed by atoms with E-state index < -0.39 is 0 Å². The lowest BCUT2D eigenvalue weighted by atomic mass is 10.1. The lowest BCUT2D eigenvalue weighted by molar-refractivity contribution is 0.280. The van der Waals surface area contributed by atoms with E-state index in [4.69, 9.17) is 21.1 Å². The Morgan fingerprint density at radius 3 is 2.52 bits per heavy atom. The van der Waals surface area contributed by atoms with Gasteiger partial charge in [0.05, 0.1) is 7.11 Å². The zero-order chi connectivity index (χ0) is 16.7. The molecule has 0 heterocycles. The monoisotopic (exact) mass is 333 g/mol. The molecular weight excluding hydrogens is 310 g/mol. The molecule has 4 heteroatoms. The summed E-state index contributed by atoms with van der Waals surface area (Å²) in [6, 6.07) is 14.1. The summed E-state index contributed by atoms with van der Waals surface area (Å²) in [6.07, 6.45) is 1.08. The van der Waals surface area contributed by atoms with Gasteiger partial charge in [0.2, 0.25) is 0 Å². The van der Waals surface area contributed by atoms with Crippen LogP contribution in [-0.2, 0) is 13.2 Å². The van der Waals surface area contributed by atoms with Crippen molar-refractivity contribution in [2.45, 2.75) is 39.5 Å². The molecule has 0 saturated carbocycles. The molecule has 0 aliphatic rings. The third kappa shape index (κ3) is 4.88. The van der Waals surface area contributed by atoms with Crippen LogP contribution in [0.3, 0.4) is 0 Å². The Bertz CT molecular complexity index is 631. The van der Waals surface area contributed by atoms with Crippen LogP contribution in [0.15, 0.2) is 42.5 Å². The summed E-state index contributed by atoms with van der Waals surface area (Å²) in [5.74, 6) is 1.51. The predicted octanol–water partition coefficient (Wildman–Crippen LogP) is 4.82. The molecule has 0 aliphatic carbocycles. The molecule has 1 N–H and O–H groups in total. The van der Waals surface area contributed by atoms with Crippen molar-refractivity contribution >= 4 is 11.6 Å². The molecule has 0 aliphatic heterocycles. The largest absolute Gasteiger partial charge is 0.493 e. The number of methoxy groups -OCH3 is 1. The molecular formula is C19H24ClNO2. The van der Waals surface area contributed by atoms with Crippen LogP contribution < -0.4 is 14.8 Å². The second kappa shape index (κ2) is 8.80. The lowest BCUT2D eigenvalue weighted by Crippen LogP contribution is -2.24. The molecule has 0 fully saturated rings. The first-order valence-corrected chi connectivity index (χ1v) is 8.29. The van der Waals surface area contributed by atoms with E-state index in [0.717, 1.165) is 35.6 Å². The maximum Gasteiger partial charge on any atom is 0.166 e. The van der Waals surface area contributed by atoms with E-state index in [1.807, 2.05) is 36.4 Å². The molecule has 0 radical (unpaired) electrons. The van der Waals surface area contributed by atoms with Gasteiger partial charge in [-0.25, -0.2) is 0 Å². The number of halogens is 1. The van der Waals surface area contributed by atoms with Crippen LogP contribution in [0.4, 0.5) is 0 Å². The first-order chi connectivity index (χ1) is 11.2. The Balaban J connectivity index is 2.16. The summed E-state index contributed by atoms with van der Waals surface area (Å²) < 4.78 is 11.5. The second-order valence-electron chi connectivity index (χ2n) is 5.52. The summed E-state index contributed by atoms with van der Waals surface area (Å²) >= 11 is 6.20. The summed E-state index contributed by atoms with van der Waals surface area (Å²) in [6.45, 7) is 5.49. The minimum atomic E-state index is 0.413. The van der Waals surface area contributed by atoms with E-state index in [-0.39, 0.29) is 0 Å². The van der Waals surface area contributed by atoms with Crippen LogP contribution in [0.25, 0.3) is 0 Å². The first kappa shape index (κ1) is 17.6. The van der Waals surface area contributed by atoms with Crippen molar-refractivity contribution in [2.24, 2.45) is 0 Å². The molecule has 1 atom stereocenters. The second-order valence-corrected chi connectivity index (χ2v) is 5.93. The smallest absolute Gasteiger partial charge is 0.166 e. The molecule has 23 heavy (non-hydrogen) atoms. The van der Waals surface area contributed by atoms with Gasteiger partial charge < -0.3 is 14.8 Å². The maximum atomic E-state index is 6.20. The molecule has 2 aromatic carbocycles. The molecule has 3 nitrogen and oxygen atoms in total. The van der Waals surface area contributed by atoms with Gasteiger partial charge in [-0.2, -0.15) is 0 Å². The minimum absolute atomic E-state index is 0.413. The van der Waals surface area contributed by atoms with Crippen molar-refractivity contribution in [3.8, 4) is 11.5 Å². The molecule has 0 spiro atoms. The fourth-order valence-electron chi connectivity index (χ4n) is 2.22. The number of hydrogen-bond donors (Lipinski definition) is 1. The first-order valence-electron chi connectivity index (χ1n) is 7.91. The van der Waals surface area contributed by atoms with Crippen LogP contribution in [-0.4, -0.2) is 13.2 Å². The van der Waals surface area contributed by atoms with Gasteiger partial charge >= 0.3 is 0 Å². The Morgan fingerprint density at radius 1 is 1.09 bits per heavy atom. The summed E-state index contributed by atoms with van der Waals surface area (Å²) in [5, 5.41) is 4.20. The highest BCUT2D eigenvalue weighted by molar-refractivity contribution is 6.31. The van der Waals surface area contributed by atoms with Crippen LogP contribution in [0.1, 0.15) is 31.4 Å². The fraction of sp³-hybridized carbons (Fsp3) is 0.368. The standard InChI is InChI=1S/C19H24ClNO2/c1-4-14(2)21-12-15-9-7-11-18(22-3)19(15)23-13-16-8-5-6-10-17(16)20/h5-11,14,21H,4,12-13H2,1-3H3. The van der Waals surface area contributed by atoms with E-state index in [9.17, 15) is 0 Å². The van der Waals surface area contributed by atoms with Crippen molar-refractivity contribution in [3.05, 3.63) is 58.6 Å². The van der Waals surface area contributed by atoms with Gasteiger partial charge in [0.1, 0.15) is 6.61 Å². The SMILES string of the molecule is CCC(C)NCc1cccc(OC)c1OCc1ccccc1Cl. The van der Waals surface area contributed by atoms with Crippen LogP contribution in [0.2, 0.25) is 5.02 Å². The maximum absolute atomic E-state index is 6.20. The number of hydrogen-bond acceptors (Lipinski definition) is 3. The van der Waals surface area contributed by atoms with Gasteiger partial charge in [-0.1, -0.05) is 48.9 Å². The van der Waals surface area contributed by atoms with E-state index >= 15 is 0 Å². The number of rotatable bonds is 8. The molecule has 0 bridgehead atoms. The molecule has 0 saturated heterocycles. The summed E-state index contributed by atoms with van der Waals surface area (Å²) in [7, 11) is 1.66. The Kier molecular flexibility index (Phi) is 6.75. The van der Waals surface area contributed by atoms with Crippen molar-refractivity contribution in [1.82, 2.24) is 5.32 Å². The highest BCUT2D eigenvalue weighted by Crippen LogP contribution is 2.32. The number of benzene rings is 2. The zero-order valence-corrected chi connectivity index (χ0v) is 14.7. The quantitative estimate of drug-likeness (QED) is 0.751. The van der Waals surface area contributed by atoms with Gasteiger partial charge in [-0.05, 0) is 25.5 Å². The molecule has 0 aromatic heterocycles. The minimum Gasteiger partial charge on any atom is -0.493 e. The summed E-state index contributed by atoms with van der Waals surface area (Å²) in [4.78, 5) is 0. The molecule has 2 rings (SSSR count). The predicted molar refractivity (Wildman–Crippen MR) is 95.4 cm³/mol. The molecule has 124 valence electrons. The van der Waals surface area contributed by atoms with E-state index in [0.29, 0.717) is 17.7 Å². The number of ether oxygens (including phenoxy) is 2. The zero-order valence-electron chi connectivity index (χ0n) is 13.9. The van der Waals surface area contributed by atoms with Gasteiger partial charge in [-0.3, -0.25) is 0 Å². The van der Waals surface area contributed by atoms with Gasteiger partial charge in [0.15, 0.2) is 11.5 Å². The average molecular weight is 334 g/mol. The van der Waals surface area contributed by atoms with Gasteiger partial charge in [0, 0.05) is 28.7 Å². The van der Waals surface area contributed by atoms with Crippen LogP contribution in [0.5, 0.6) is 11.5 Å². The van der Waals surface area contributed by atoms with E-state index in [1.54, 1.807) is 7.11 Å². The van der Waals surface area contributed by atoms with Crippen molar-refractivity contribution in [3.63, 3.8) is 0 Å². The number of para-hydroxylation sites is 1. The highest BCUT2D eigenvalue weighted by Gasteiger charge is 2.12. The van der Waals surface area contributed by atoms with E-state index in [1.165, 1.54) is 0 Å². The Labute approximate surface area is 143 Å². The Hall–Kier alpha value is -1.71. The third-order valence-electron chi connectivity index (χ3n) is 3.86. The van der Waals surface area contributed by atoms with Gasteiger partial charge in [-0.15, -0.1) is 0 Å². The van der Waals surface area contributed by atoms with E-state index in [2.05, 4.69) is 25.2 Å². The van der Waals surface area contributed by atoms with Gasteiger partial charge in [0.25, 0.3) is 0 Å². The molecule has 2 aromatic rings. The van der Waals surface area contributed by atoms with Crippen molar-refractivity contribution < 1.29 is 9.47 Å². The lowest BCUT2D eigenvalue weighted by Gasteiger charge is -2.17. The fourth-order valence-corrected chi connectivity index (χ4v) is 2.41. The van der Waals surface area contributed by atoms with Crippen molar-refractivity contribution in [2.75, 3.05) is 7.11 Å². The molecule has 0 amide bonds. The highest BCUT2D eigenvalue weighted by atomic mass is 35.5. The van der Waals surface area contributed by atoms with Crippen LogP contribution in [0, 0.1) is 0 Å². The number of nitrogens with one attached hydrogen (secondary N) is 1. The summed E-state index contributed by atoms with van der Waals surface area (Å²) in [5.41, 5.74) is 2.04. The van der Waals surface area contributed by atoms with Crippen molar-refractivity contribution in [1.29, 1.82) is 0 Å². The normalized spacial score (nSPS) is 12.0. The van der Waals surface area contributed by atoms with Crippen LogP contribution >= 0.6 is 11.6 Å². The molecule has 1 unspecified atom stereocenters. The Morgan fingerprint density at radius 2 is 1.83 bits per heavy atom. The average Bonchev–Trinajstić information content (AvgIpc) is 2.59. The third-order valence-corrected chi connectivity index (χ3v) is 4.23.